The molecular formula is C13H13BrN2OS. The van der Waals surface area contributed by atoms with Gasteiger partial charge in [-0.3, -0.25) is 4.79 Å². The fraction of sp³-hybridized carbons (Fsp3) is 0.154. The number of halogens is 1. The summed E-state index contributed by atoms with van der Waals surface area (Å²) in [4.78, 5) is 14.5. The fourth-order valence-corrected chi connectivity index (χ4v) is 3.04. The predicted molar refractivity (Wildman–Crippen MR) is 78.7 cm³/mol. The number of benzene rings is 1. The lowest BCUT2D eigenvalue weighted by Gasteiger charge is -2.16. The van der Waals surface area contributed by atoms with Gasteiger partial charge < -0.3 is 10.6 Å². The summed E-state index contributed by atoms with van der Waals surface area (Å²) in [5, 5.41) is 0. The lowest BCUT2D eigenvalue weighted by Crippen LogP contribution is -2.25. The van der Waals surface area contributed by atoms with Crippen LogP contribution in [0.4, 0.5) is 5.69 Å². The van der Waals surface area contributed by atoms with Gasteiger partial charge in [-0.25, -0.2) is 0 Å². The first-order valence-corrected chi connectivity index (χ1v) is 7.02. The number of amides is 1. The molecule has 0 spiro atoms. The molecule has 94 valence electrons. The highest BCUT2D eigenvalue weighted by Gasteiger charge is 2.14. The maximum Gasteiger partial charge on any atom is 0.264 e. The summed E-state index contributed by atoms with van der Waals surface area (Å²) < 4.78 is 0.961. The van der Waals surface area contributed by atoms with Crippen molar-refractivity contribution in [3.63, 3.8) is 0 Å². The fourth-order valence-electron chi connectivity index (χ4n) is 1.65. The second-order valence-corrected chi connectivity index (χ2v) is 6.47. The van der Waals surface area contributed by atoms with E-state index >= 15 is 0 Å². The van der Waals surface area contributed by atoms with Crippen LogP contribution in [0.5, 0.6) is 0 Å². The third-order valence-electron chi connectivity index (χ3n) is 2.50. The molecule has 18 heavy (non-hydrogen) atoms. The summed E-state index contributed by atoms with van der Waals surface area (Å²) in [6.07, 6.45) is 0. The van der Waals surface area contributed by atoms with Gasteiger partial charge in [0.2, 0.25) is 0 Å². The van der Waals surface area contributed by atoms with Gasteiger partial charge in [0.1, 0.15) is 0 Å². The van der Waals surface area contributed by atoms with E-state index in [1.54, 1.807) is 11.9 Å². The molecule has 2 aromatic rings. The van der Waals surface area contributed by atoms with Crippen molar-refractivity contribution in [2.45, 2.75) is 6.54 Å². The molecule has 0 aliphatic rings. The molecule has 0 bridgehead atoms. The Balaban J connectivity index is 2.08. The average Bonchev–Trinajstić information content (AvgIpc) is 2.75. The Morgan fingerprint density at radius 2 is 2.17 bits per heavy atom. The number of nitrogens with zero attached hydrogens (tertiary/aromatic N) is 1. The molecule has 3 nitrogen and oxygen atoms in total. The van der Waals surface area contributed by atoms with Crippen LogP contribution in [0.15, 0.2) is 40.2 Å². The zero-order valence-electron chi connectivity index (χ0n) is 9.89. The topological polar surface area (TPSA) is 46.3 Å². The first-order valence-electron chi connectivity index (χ1n) is 5.41. The number of thiophene rings is 1. The zero-order chi connectivity index (χ0) is 13.1. The van der Waals surface area contributed by atoms with E-state index in [1.807, 2.05) is 36.4 Å². The van der Waals surface area contributed by atoms with Crippen LogP contribution in [0, 0.1) is 0 Å². The molecule has 1 amide bonds. The van der Waals surface area contributed by atoms with Gasteiger partial charge in [-0.1, -0.05) is 12.1 Å². The molecule has 2 rings (SSSR count). The van der Waals surface area contributed by atoms with Crippen molar-refractivity contribution in [3.8, 4) is 0 Å². The van der Waals surface area contributed by atoms with Crippen molar-refractivity contribution in [2.75, 3.05) is 12.8 Å². The number of nitrogen functional groups attached to an aromatic ring is 1. The minimum Gasteiger partial charge on any atom is -0.399 e. The van der Waals surface area contributed by atoms with Crippen LogP contribution in [0.1, 0.15) is 15.2 Å². The number of hydrogen-bond donors (Lipinski definition) is 1. The molecular weight excluding hydrogens is 312 g/mol. The van der Waals surface area contributed by atoms with Crippen LogP contribution in [-0.4, -0.2) is 17.9 Å². The van der Waals surface area contributed by atoms with Crippen LogP contribution < -0.4 is 5.73 Å². The minimum absolute atomic E-state index is 0.0214. The third-order valence-corrected chi connectivity index (χ3v) is 4.11. The van der Waals surface area contributed by atoms with E-state index in [4.69, 9.17) is 5.73 Å². The Morgan fingerprint density at radius 1 is 1.39 bits per heavy atom. The third kappa shape index (κ3) is 3.11. The van der Waals surface area contributed by atoms with Crippen molar-refractivity contribution in [3.05, 3.63) is 50.6 Å². The molecule has 0 aliphatic heterocycles. The van der Waals surface area contributed by atoms with Crippen molar-refractivity contribution in [2.24, 2.45) is 0 Å². The van der Waals surface area contributed by atoms with Gasteiger partial charge in [-0.05, 0) is 45.8 Å². The van der Waals surface area contributed by atoms with E-state index in [1.165, 1.54) is 11.3 Å². The molecule has 0 aliphatic carbocycles. The molecule has 0 unspecified atom stereocenters. The monoisotopic (exact) mass is 324 g/mol. The highest BCUT2D eigenvalue weighted by Crippen LogP contribution is 2.23. The highest BCUT2D eigenvalue weighted by atomic mass is 79.9. The molecule has 1 aromatic heterocycles. The Morgan fingerprint density at radius 3 is 2.78 bits per heavy atom. The van der Waals surface area contributed by atoms with Crippen molar-refractivity contribution in [1.82, 2.24) is 4.90 Å². The molecule has 5 heteroatoms. The lowest BCUT2D eigenvalue weighted by molar-refractivity contribution is 0.0790. The van der Waals surface area contributed by atoms with E-state index < -0.39 is 0 Å². The first-order chi connectivity index (χ1) is 8.56. The number of nitrogens with two attached hydrogens (primary N) is 1. The van der Waals surface area contributed by atoms with Gasteiger partial charge >= 0.3 is 0 Å². The lowest BCUT2D eigenvalue weighted by atomic mass is 10.2. The maximum absolute atomic E-state index is 12.1. The first kappa shape index (κ1) is 13.1. The van der Waals surface area contributed by atoms with Crippen molar-refractivity contribution in [1.29, 1.82) is 0 Å². The number of rotatable bonds is 3. The molecule has 0 atom stereocenters. The number of hydrogen-bond acceptors (Lipinski definition) is 3. The Bertz CT molecular complexity index is 568. The van der Waals surface area contributed by atoms with E-state index in [9.17, 15) is 4.79 Å². The summed E-state index contributed by atoms with van der Waals surface area (Å²) in [7, 11) is 1.79. The summed E-state index contributed by atoms with van der Waals surface area (Å²) >= 11 is 4.80. The second-order valence-electron chi connectivity index (χ2n) is 4.01. The van der Waals surface area contributed by atoms with Gasteiger partial charge in [0.05, 0.1) is 8.66 Å². The molecule has 0 saturated carbocycles. The largest absolute Gasteiger partial charge is 0.399 e. The molecule has 1 heterocycles. The van der Waals surface area contributed by atoms with E-state index in [-0.39, 0.29) is 5.91 Å². The van der Waals surface area contributed by atoms with Gasteiger partial charge in [-0.2, -0.15) is 0 Å². The summed E-state index contributed by atoms with van der Waals surface area (Å²) in [6, 6.07) is 11.3. The normalized spacial score (nSPS) is 10.3. The predicted octanol–water partition coefficient (Wildman–Crippen LogP) is 3.37. The maximum atomic E-state index is 12.1. The molecule has 1 aromatic carbocycles. The van der Waals surface area contributed by atoms with Crippen LogP contribution in [-0.2, 0) is 6.54 Å². The Hall–Kier alpha value is -1.33. The van der Waals surface area contributed by atoms with E-state index in [2.05, 4.69) is 15.9 Å². The molecule has 0 saturated heterocycles. The van der Waals surface area contributed by atoms with Crippen LogP contribution in [0.2, 0.25) is 0 Å². The average molecular weight is 325 g/mol. The zero-order valence-corrected chi connectivity index (χ0v) is 12.3. The number of anilines is 1. The van der Waals surface area contributed by atoms with Crippen molar-refractivity contribution >= 4 is 38.9 Å². The summed E-state index contributed by atoms with van der Waals surface area (Å²) in [6.45, 7) is 0.555. The number of carbonyl (C=O) groups is 1. The number of carbonyl (C=O) groups excluding carboxylic acids is 1. The summed E-state index contributed by atoms with van der Waals surface area (Å²) in [5.74, 6) is 0.0214. The minimum atomic E-state index is 0.0214. The second kappa shape index (κ2) is 5.54. The molecule has 0 fully saturated rings. The molecule has 0 radical (unpaired) electrons. The van der Waals surface area contributed by atoms with Crippen LogP contribution in [0.25, 0.3) is 0 Å². The van der Waals surface area contributed by atoms with Crippen molar-refractivity contribution < 1.29 is 4.79 Å². The molecule has 2 N–H and O–H groups in total. The Labute approximate surface area is 118 Å². The SMILES string of the molecule is CN(Cc1cccc(N)c1)C(=O)c1ccc(Br)s1. The van der Waals surface area contributed by atoms with E-state index in [0.717, 1.165) is 14.2 Å². The summed E-state index contributed by atoms with van der Waals surface area (Å²) in [5.41, 5.74) is 7.46. The van der Waals surface area contributed by atoms with E-state index in [0.29, 0.717) is 12.2 Å². The van der Waals surface area contributed by atoms with Gasteiger partial charge in [-0.15, -0.1) is 11.3 Å². The van der Waals surface area contributed by atoms with Gasteiger partial charge in [0, 0.05) is 19.3 Å². The van der Waals surface area contributed by atoms with Gasteiger partial charge in [0.25, 0.3) is 5.91 Å². The standard InChI is InChI=1S/C13H13BrN2OS/c1-16(8-9-3-2-4-10(15)7-9)13(17)11-5-6-12(14)18-11/h2-7H,8,15H2,1H3. The Kier molecular flexibility index (Phi) is 4.04. The van der Waals surface area contributed by atoms with Gasteiger partial charge in [0.15, 0.2) is 0 Å². The highest BCUT2D eigenvalue weighted by molar-refractivity contribution is 9.11. The quantitative estimate of drug-likeness (QED) is 0.880. The van der Waals surface area contributed by atoms with Crippen LogP contribution >= 0.6 is 27.3 Å². The van der Waals surface area contributed by atoms with Crippen LogP contribution in [0.3, 0.4) is 0 Å². The smallest absolute Gasteiger partial charge is 0.264 e.